The van der Waals surface area contributed by atoms with Crippen molar-refractivity contribution in [2.45, 2.75) is 56.9 Å². The predicted molar refractivity (Wildman–Crippen MR) is 132 cm³/mol. The molecule has 6 heteroatoms. The number of rotatable bonds is 6. The topological polar surface area (TPSA) is 6.48 Å². The van der Waals surface area contributed by atoms with Crippen LogP contribution in [0.1, 0.15) is 36.8 Å². The van der Waals surface area contributed by atoms with Gasteiger partial charge in [0.05, 0.1) is 0 Å². The quantitative estimate of drug-likeness (QED) is 0.212. The van der Waals surface area contributed by atoms with Gasteiger partial charge in [-0.1, -0.05) is 75.0 Å². The highest BCUT2D eigenvalue weighted by Gasteiger charge is 2.58. The Kier molecular flexibility index (Phi) is 7.04. The van der Waals surface area contributed by atoms with Gasteiger partial charge in [-0.2, -0.15) is 0 Å². The van der Waals surface area contributed by atoms with Gasteiger partial charge >= 0.3 is 7.71 Å². The van der Waals surface area contributed by atoms with Crippen LogP contribution < -0.4 is 0 Å². The normalized spacial score (nSPS) is 24.4. The molecule has 154 valence electrons. The van der Waals surface area contributed by atoms with Gasteiger partial charge in [0, 0.05) is 40.2 Å². The number of halogens is 3. The maximum atomic E-state index is 7.64. The SMILES string of the molecule is C=CC[Si]1(Cl)N(Cc2ccc(Br)cc2)[C@@H]2CCCC[C@H]2N1Cc1ccc(Br)cc1. The lowest BCUT2D eigenvalue weighted by atomic mass is 9.90. The minimum Gasteiger partial charge on any atom is -0.291 e. The van der Waals surface area contributed by atoms with Gasteiger partial charge in [0.2, 0.25) is 0 Å². The van der Waals surface area contributed by atoms with Gasteiger partial charge in [-0.25, -0.2) is 0 Å². The third kappa shape index (κ3) is 4.60. The minimum absolute atomic E-state index is 0.548. The third-order valence-corrected chi connectivity index (χ3v) is 12.7. The molecule has 1 aliphatic heterocycles. The molecule has 1 saturated heterocycles. The zero-order valence-corrected chi connectivity index (χ0v) is 21.5. The number of fused-ring (bicyclic) bond motifs is 1. The van der Waals surface area contributed by atoms with Crippen molar-refractivity contribution < 1.29 is 0 Å². The Hall–Kier alpha value is -0.433. The fourth-order valence-corrected chi connectivity index (χ4v) is 10.6. The summed E-state index contributed by atoms with van der Waals surface area (Å²) in [5.74, 6) is 0. The van der Waals surface area contributed by atoms with Crippen LogP contribution in [0.25, 0.3) is 0 Å². The fourth-order valence-electron chi connectivity index (χ4n) is 4.96. The van der Waals surface area contributed by atoms with Crippen LogP contribution in [0.5, 0.6) is 0 Å². The Balaban J connectivity index is 1.67. The van der Waals surface area contributed by atoms with Gasteiger partial charge in [-0.05, 0) is 48.2 Å². The molecule has 0 bridgehead atoms. The number of benzene rings is 2. The molecule has 1 aliphatic carbocycles. The molecular formula is C23H27Br2ClN2Si. The molecule has 2 fully saturated rings. The van der Waals surface area contributed by atoms with E-state index in [1.807, 2.05) is 6.08 Å². The first-order chi connectivity index (χ1) is 14.0. The second-order valence-corrected chi connectivity index (χ2v) is 14.8. The molecule has 1 heterocycles. The molecule has 0 unspecified atom stereocenters. The van der Waals surface area contributed by atoms with Gasteiger partial charge < -0.3 is 0 Å². The van der Waals surface area contributed by atoms with E-state index in [-0.39, 0.29) is 0 Å². The molecule has 0 spiro atoms. The van der Waals surface area contributed by atoms with Gasteiger partial charge in [-0.3, -0.25) is 9.13 Å². The van der Waals surface area contributed by atoms with E-state index < -0.39 is 7.71 Å². The Morgan fingerprint density at radius 2 is 1.28 bits per heavy atom. The lowest BCUT2D eigenvalue weighted by molar-refractivity contribution is 0.197. The summed E-state index contributed by atoms with van der Waals surface area (Å²) in [7, 11) is -2.37. The summed E-state index contributed by atoms with van der Waals surface area (Å²) in [6.07, 6.45) is 7.15. The smallest absolute Gasteiger partial charge is 0.291 e. The van der Waals surface area contributed by atoms with E-state index in [0.29, 0.717) is 12.1 Å². The van der Waals surface area contributed by atoms with Crippen LogP contribution >= 0.6 is 42.9 Å². The summed E-state index contributed by atoms with van der Waals surface area (Å²) in [6.45, 7) is 5.93. The zero-order valence-electron chi connectivity index (χ0n) is 16.5. The summed E-state index contributed by atoms with van der Waals surface area (Å²) in [5, 5.41) is 0. The van der Waals surface area contributed by atoms with Crippen LogP contribution in [0.4, 0.5) is 0 Å². The minimum atomic E-state index is -2.37. The maximum absolute atomic E-state index is 7.64. The molecule has 4 rings (SSSR count). The van der Waals surface area contributed by atoms with E-state index in [4.69, 9.17) is 11.1 Å². The highest BCUT2D eigenvalue weighted by atomic mass is 79.9. The van der Waals surface area contributed by atoms with Crippen LogP contribution in [-0.2, 0) is 13.1 Å². The lowest BCUT2D eigenvalue weighted by Crippen LogP contribution is -2.55. The number of hydrogen-bond acceptors (Lipinski definition) is 2. The first-order valence-corrected chi connectivity index (χ1v) is 15.0. The number of allylic oxidation sites excluding steroid dienone is 1. The van der Waals surface area contributed by atoms with E-state index in [9.17, 15) is 0 Å². The molecule has 2 aromatic carbocycles. The van der Waals surface area contributed by atoms with Crippen LogP contribution in [0.3, 0.4) is 0 Å². The van der Waals surface area contributed by atoms with E-state index in [0.717, 1.165) is 28.1 Å². The van der Waals surface area contributed by atoms with Crippen molar-refractivity contribution in [3.8, 4) is 0 Å². The second-order valence-electron chi connectivity index (χ2n) is 8.14. The van der Waals surface area contributed by atoms with Crippen LogP contribution in [0, 0.1) is 0 Å². The summed E-state index contributed by atoms with van der Waals surface area (Å²) < 4.78 is 7.61. The maximum Gasteiger partial charge on any atom is 0.312 e. The highest BCUT2D eigenvalue weighted by molar-refractivity contribution is 9.10. The molecular weight excluding hydrogens is 528 g/mol. The molecule has 0 amide bonds. The van der Waals surface area contributed by atoms with Crippen LogP contribution in [0.2, 0.25) is 6.04 Å². The molecule has 0 N–H and O–H groups in total. The van der Waals surface area contributed by atoms with Crippen molar-refractivity contribution in [1.82, 2.24) is 9.13 Å². The fraction of sp³-hybridized carbons (Fsp3) is 0.391. The molecule has 2 aliphatic rings. The first kappa shape index (κ1) is 21.8. The summed E-state index contributed by atoms with van der Waals surface area (Å²) in [4.78, 5) is 0. The third-order valence-electron chi connectivity index (χ3n) is 6.31. The van der Waals surface area contributed by atoms with Gasteiger partial charge in [0.15, 0.2) is 0 Å². The molecule has 0 radical (unpaired) electrons. The van der Waals surface area contributed by atoms with Crippen molar-refractivity contribution in [3.05, 3.63) is 81.3 Å². The Bertz CT molecular complexity index is 779. The second kappa shape index (κ2) is 9.37. The summed E-state index contributed by atoms with van der Waals surface area (Å²) >= 11 is 14.8. The largest absolute Gasteiger partial charge is 0.312 e. The number of hydrogen-bond donors (Lipinski definition) is 0. The Labute approximate surface area is 197 Å². The van der Waals surface area contributed by atoms with Crippen molar-refractivity contribution in [3.63, 3.8) is 0 Å². The molecule has 0 aromatic heterocycles. The van der Waals surface area contributed by atoms with Gasteiger partial charge in [0.1, 0.15) is 0 Å². The van der Waals surface area contributed by atoms with Gasteiger partial charge in [0.25, 0.3) is 0 Å². The Morgan fingerprint density at radius 3 is 1.66 bits per heavy atom. The molecule has 1 saturated carbocycles. The average molecular weight is 555 g/mol. The van der Waals surface area contributed by atoms with E-state index in [2.05, 4.69) is 96.1 Å². The predicted octanol–water partition coefficient (Wildman–Crippen LogP) is 7.20. The summed E-state index contributed by atoms with van der Waals surface area (Å²) in [5.41, 5.74) is 2.68. The van der Waals surface area contributed by atoms with Crippen LogP contribution in [-0.4, -0.2) is 28.9 Å². The van der Waals surface area contributed by atoms with Crippen molar-refractivity contribution >= 4 is 50.6 Å². The molecule has 2 nitrogen and oxygen atoms in total. The van der Waals surface area contributed by atoms with E-state index in [1.54, 1.807) is 0 Å². The monoisotopic (exact) mass is 552 g/mol. The average Bonchev–Trinajstić information content (AvgIpc) is 2.94. The van der Waals surface area contributed by atoms with Crippen LogP contribution in [0.15, 0.2) is 70.1 Å². The Morgan fingerprint density at radius 1 is 0.862 bits per heavy atom. The zero-order chi connectivity index (χ0) is 20.4. The highest BCUT2D eigenvalue weighted by Crippen LogP contribution is 2.45. The van der Waals surface area contributed by atoms with Gasteiger partial charge in [-0.15, -0.1) is 17.7 Å². The van der Waals surface area contributed by atoms with E-state index >= 15 is 0 Å². The molecule has 2 aromatic rings. The molecule has 2 atom stereocenters. The molecule has 29 heavy (non-hydrogen) atoms. The first-order valence-electron chi connectivity index (χ1n) is 10.3. The van der Waals surface area contributed by atoms with Crippen molar-refractivity contribution in [2.24, 2.45) is 0 Å². The standard InChI is InChI=1S/C23H27Br2ClN2Si/c1-2-15-29(26)27(16-18-7-11-20(24)12-8-18)22-5-3-4-6-23(22)28(29)17-19-9-13-21(25)14-10-19/h2,7-14,22-23H,1,3-6,15-17H2/t22-,23-/m1/s1. The number of nitrogens with zero attached hydrogens (tertiary/aromatic N) is 2. The van der Waals surface area contributed by atoms with Crippen molar-refractivity contribution in [2.75, 3.05) is 0 Å². The van der Waals surface area contributed by atoms with E-state index in [1.165, 1.54) is 36.8 Å². The lowest BCUT2D eigenvalue weighted by Gasteiger charge is -2.37. The van der Waals surface area contributed by atoms with Crippen molar-refractivity contribution in [1.29, 1.82) is 0 Å². The summed E-state index contributed by atoms with van der Waals surface area (Å²) in [6, 6.07) is 19.4.